The van der Waals surface area contributed by atoms with E-state index in [0.29, 0.717) is 12.6 Å². The molecule has 0 unspecified atom stereocenters. The van der Waals surface area contributed by atoms with Crippen LogP contribution in [-0.4, -0.2) is 46.4 Å². The third-order valence-electron chi connectivity index (χ3n) is 7.22. The Morgan fingerprint density at radius 3 is 2.59 bits per heavy atom. The summed E-state index contributed by atoms with van der Waals surface area (Å²) in [5.41, 5.74) is 10.6. The van der Waals surface area contributed by atoms with E-state index in [1.54, 1.807) is 0 Å². The number of rotatable bonds is 5. The Hall–Kier alpha value is -3.02. The number of benzene rings is 2. The first-order valence-corrected chi connectivity index (χ1v) is 12.0. The van der Waals surface area contributed by atoms with Crippen LogP contribution in [0.25, 0.3) is 10.9 Å². The number of nitrogens with two attached hydrogens (primary N) is 1. The molecule has 1 atom stereocenters. The first kappa shape index (κ1) is 20.9. The van der Waals surface area contributed by atoms with Crippen molar-refractivity contribution in [1.82, 2.24) is 14.7 Å². The zero-order valence-electron chi connectivity index (χ0n) is 18.9. The van der Waals surface area contributed by atoms with Gasteiger partial charge in [0.25, 0.3) is 0 Å². The third kappa shape index (κ3) is 3.94. The van der Waals surface area contributed by atoms with E-state index in [4.69, 9.17) is 10.8 Å². The molecule has 1 saturated heterocycles. The van der Waals surface area contributed by atoms with E-state index >= 15 is 0 Å². The summed E-state index contributed by atoms with van der Waals surface area (Å²) in [6, 6.07) is 17.4. The standard InChI is InChI=1S/C26H33N5O/c1-2-24-23-13-12-21(17-25(23)31(28-24)20-10-6-7-11-20)29-14-15-30(26(27)32)22(18-29)16-19-8-4-3-5-9-19/h3-5,8-9,12-13,17,20,22H,2,6-7,10-11,14-16,18H2,1H3,(H2,27,32)/t22-/m0/s1. The van der Waals surface area contributed by atoms with Gasteiger partial charge in [0.05, 0.1) is 23.3 Å². The van der Waals surface area contributed by atoms with Crippen molar-refractivity contribution in [3.8, 4) is 0 Å². The first-order valence-electron chi connectivity index (χ1n) is 12.0. The maximum atomic E-state index is 12.1. The first-order chi connectivity index (χ1) is 15.6. The molecule has 2 heterocycles. The number of aryl methyl sites for hydroxylation is 1. The number of anilines is 1. The Morgan fingerprint density at radius 2 is 1.88 bits per heavy atom. The highest BCUT2D eigenvalue weighted by Gasteiger charge is 2.30. The smallest absolute Gasteiger partial charge is 0.315 e. The van der Waals surface area contributed by atoms with E-state index in [9.17, 15) is 4.79 Å². The Labute approximate surface area is 190 Å². The number of carbonyl (C=O) groups is 1. The zero-order valence-corrected chi connectivity index (χ0v) is 18.9. The quantitative estimate of drug-likeness (QED) is 0.646. The van der Waals surface area contributed by atoms with Crippen LogP contribution in [0.15, 0.2) is 48.5 Å². The van der Waals surface area contributed by atoms with Gasteiger partial charge in [0.1, 0.15) is 0 Å². The lowest BCUT2D eigenvalue weighted by molar-refractivity contribution is 0.174. The summed E-state index contributed by atoms with van der Waals surface area (Å²) in [5, 5.41) is 6.29. The number of aromatic nitrogens is 2. The number of nitrogens with zero attached hydrogens (tertiary/aromatic N) is 4. The highest BCUT2D eigenvalue weighted by Crippen LogP contribution is 2.35. The van der Waals surface area contributed by atoms with Gasteiger partial charge in [-0.3, -0.25) is 4.68 Å². The lowest BCUT2D eigenvalue weighted by Crippen LogP contribution is -2.57. The van der Waals surface area contributed by atoms with Crippen LogP contribution in [0.5, 0.6) is 0 Å². The van der Waals surface area contributed by atoms with Crippen LogP contribution in [0.1, 0.15) is 49.9 Å². The van der Waals surface area contributed by atoms with Gasteiger partial charge in [-0.1, -0.05) is 50.1 Å². The Balaban J connectivity index is 1.45. The van der Waals surface area contributed by atoms with Crippen molar-refractivity contribution in [2.75, 3.05) is 24.5 Å². The highest BCUT2D eigenvalue weighted by atomic mass is 16.2. The molecule has 6 nitrogen and oxygen atoms in total. The Bertz CT molecular complexity index is 1090. The minimum absolute atomic E-state index is 0.0605. The average Bonchev–Trinajstić information content (AvgIpc) is 3.47. The number of carbonyl (C=O) groups excluding carboxylic acids is 1. The van der Waals surface area contributed by atoms with Crippen LogP contribution in [0.4, 0.5) is 10.5 Å². The van der Waals surface area contributed by atoms with Crippen molar-refractivity contribution in [2.24, 2.45) is 5.73 Å². The van der Waals surface area contributed by atoms with Gasteiger partial charge in [-0.05, 0) is 49.4 Å². The SMILES string of the molecule is CCc1nn(C2CCCC2)c2cc(N3CCN(C(N)=O)[C@@H](Cc4ccccc4)C3)ccc12. The summed E-state index contributed by atoms with van der Waals surface area (Å²) in [7, 11) is 0. The second-order valence-electron chi connectivity index (χ2n) is 9.21. The summed E-state index contributed by atoms with van der Waals surface area (Å²) >= 11 is 0. The fourth-order valence-corrected chi connectivity index (χ4v) is 5.52. The zero-order chi connectivity index (χ0) is 22.1. The van der Waals surface area contributed by atoms with Crippen LogP contribution in [0.2, 0.25) is 0 Å². The summed E-state index contributed by atoms with van der Waals surface area (Å²) in [6.07, 6.45) is 6.79. The second-order valence-corrected chi connectivity index (χ2v) is 9.21. The van der Waals surface area contributed by atoms with E-state index in [2.05, 4.69) is 46.8 Å². The molecule has 2 aromatic carbocycles. The number of amides is 2. The number of urea groups is 1. The lowest BCUT2D eigenvalue weighted by atomic mass is 10.0. The summed E-state index contributed by atoms with van der Waals surface area (Å²) in [5.74, 6) is 0. The Morgan fingerprint density at radius 1 is 1.09 bits per heavy atom. The van der Waals surface area contributed by atoms with Crippen molar-refractivity contribution in [1.29, 1.82) is 0 Å². The van der Waals surface area contributed by atoms with Crippen LogP contribution in [0.3, 0.4) is 0 Å². The molecule has 1 aromatic heterocycles. The Kier molecular flexibility index (Phi) is 5.77. The number of hydrogen-bond acceptors (Lipinski definition) is 3. The molecule has 2 fully saturated rings. The monoisotopic (exact) mass is 431 g/mol. The minimum atomic E-state index is -0.326. The molecule has 0 spiro atoms. The molecule has 5 rings (SSSR count). The molecule has 32 heavy (non-hydrogen) atoms. The molecule has 1 aliphatic carbocycles. The van der Waals surface area contributed by atoms with E-state index in [0.717, 1.165) is 25.9 Å². The topological polar surface area (TPSA) is 67.4 Å². The molecule has 2 amide bonds. The third-order valence-corrected chi connectivity index (χ3v) is 7.22. The number of piperazine rings is 1. The van der Waals surface area contributed by atoms with Gasteiger partial charge in [-0.2, -0.15) is 5.10 Å². The van der Waals surface area contributed by atoms with Gasteiger partial charge >= 0.3 is 6.03 Å². The van der Waals surface area contributed by atoms with Crippen LogP contribution in [-0.2, 0) is 12.8 Å². The molecule has 2 N–H and O–H groups in total. The summed E-state index contributed by atoms with van der Waals surface area (Å²) in [4.78, 5) is 16.4. The van der Waals surface area contributed by atoms with Crippen LogP contribution in [0, 0.1) is 0 Å². The normalized spacial score (nSPS) is 19.7. The van der Waals surface area contributed by atoms with Crippen LogP contribution < -0.4 is 10.6 Å². The highest BCUT2D eigenvalue weighted by molar-refractivity contribution is 5.85. The average molecular weight is 432 g/mol. The molecule has 6 heteroatoms. The van der Waals surface area contributed by atoms with Gasteiger partial charge in [0.2, 0.25) is 0 Å². The van der Waals surface area contributed by atoms with Crippen molar-refractivity contribution < 1.29 is 4.79 Å². The lowest BCUT2D eigenvalue weighted by Gasteiger charge is -2.42. The molecule has 1 saturated carbocycles. The van der Waals surface area contributed by atoms with E-state index in [1.807, 2.05) is 23.1 Å². The molecule has 1 aliphatic heterocycles. The van der Waals surface area contributed by atoms with Crippen molar-refractivity contribution in [3.63, 3.8) is 0 Å². The summed E-state index contributed by atoms with van der Waals surface area (Å²) in [6.45, 7) is 4.40. The maximum absolute atomic E-state index is 12.1. The molecular formula is C26H33N5O. The van der Waals surface area contributed by atoms with Gasteiger partial charge in [0.15, 0.2) is 0 Å². The van der Waals surface area contributed by atoms with E-state index < -0.39 is 0 Å². The molecule has 3 aromatic rings. The van der Waals surface area contributed by atoms with E-state index in [-0.39, 0.29) is 12.1 Å². The number of primary amides is 1. The van der Waals surface area contributed by atoms with Gasteiger partial charge in [-0.15, -0.1) is 0 Å². The molecule has 168 valence electrons. The van der Waals surface area contributed by atoms with Crippen molar-refractivity contribution in [3.05, 3.63) is 59.8 Å². The number of hydrogen-bond donors (Lipinski definition) is 1. The number of fused-ring (bicyclic) bond motifs is 1. The fourth-order valence-electron chi connectivity index (χ4n) is 5.52. The molecule has 2 aliphatic rings. The predicted molar refractivity (Wildman–Crippen MR) is 129 cm³/mol. The van der Waals surface area contributed by atoms with E-state index in [1.165, 1.54) is 53.5 Å². The minimum Gasteiger partial charge on any atom is -0.368 e. The van der Waals surface area contributed by atoms with Crippen molar-refractivity contribution in [2.45, 2.75) is 57.5 Å². The molecular weight excluding hydrogens is 398 g/mol. The predicted octanol–water partition coefficient (Wildman–Crippen LogP) is 4.53. The fraction of sp³-hybridized carbons (Fsp3) is 0.462. The molecule has 0 bridgehead atoms. The summed E-state index contributed by atoms with van der Waals surface area (Å²) < 4.78 is 2.30. The largest absolute Gasteiger partial charge is 0.368 e. The molecule has 0 radical (unpaired) electrons. The van der Waals surface area contributed by atoms with Crippen LogP contribution >= 0.6 is 0 Å². The van der Waals surface area contributed by atoms with Gasteiger partial charge < -0.3 is 15.5 Å². The maximum Gasteiger partial charge on any atom is 0.315 e. The second kappa shape index (κ2) is 8.85. The van der Waals surface area contributed by atoms with Crippen molar-refractivity contribution >= 4 is 22.6 Å². The van der Waals surface area contributed by atoms with Gasteiger partial charge in [-0.25, -0.2) is 4.79 Å². The van der Waals surface area contributed by atoms with Gasteiger partial charge in [0, 0.05) is 30.7 Å².